The van der Waals surface area contributed by atoms with Crippen molar-refractivity contribution >= 4 is 32.7 Å². The molecule has 1 saturated heterocycles. The van der Waals surface area contributed by atoms with Gasteiger partial charge in [-0.25, -0.2) is 18.1 Å². The molecule has 120 valence electrons. The molecule has 0 atom stereocenters. The number of piperidine rings is 1. The minimum Gasteiger partial charge on any atom is -0.345 e. The molecule has 2 aromatic heterocycles. The van der Waals surface area contributed by atoms with E-state index in [1.54, 1.807) is 12.3 Å². The third-order valence-electron chi connectivity index (χ3n) is 4.28. The van der Waals surface area contributed by atoms with Crippen molar-refractivity contribution in [3.8, 4) is 0 Å². The fourth-order valence-electron chi connectivity index (χ4n) is 2.75. The number of nitrogens with zero attached hydrogens (tertiary/aromatic N) is 1. The molecule has 3 heterocycles. The molecule has 2 aromatic rings. The first kappa shape index (κ1) is 15.7. The predicted molar refractivity (Wildman–Crippen MR) is 86.5 cm³/mol. The highest BCUT2D eigenvalue weighted by Crippen LogP contribution is 2.30. The molecule has 0 saturated carbocycles. The van der Waals surface area contributed by atoms with Gasteiger partial charge in [-0.2, -0.15) is 0 Å². The van der Waals surface area contributed by atoms with E-state index in [1.807, 2.05) is 0 Å². The van der Waals surface area contributed by atoms with Gasteiger partial charge in [-0.05, 0) is 37.4 Å². The van der Waals surface area contributed by atoms with Crippen molar-refractivity contribution in [2.45, 2.75) is 24.7 Å². The fourth-order valence-corrected chi connectivity index (χ4v) is 4.44. The molecule has 1 aliphatic heterocycles. The van der Waals surface area contributed by atoms with Crippen molar-refractivity contribution in [1.29, 1.82) is 0 Å². The summed E-state index contributed by atoms with van der Waals surface area (Å²) in [6.07, 6.45) is 4.88. The second kappa shape index (κ2) is 5.81. The molecule has 0 radical (unpaired) electrons. The lowest BCUT2D eigenvalue weighted by atomic mass is 9.81. The van der Waals surface area contributed by atoms with Gasteiger partial charge in [-0.1, -0.05) is 18.5 Å². The van der Waals surface area contributed by atoms with Gasteiger partial charge < -0.3 is 10.3 Å². The average molecular weight is 343 g/mol. The minimum absolute atomic E-state index is 0.0214. The van der Waals surface area contributed by atoms with Crippen LogP contribution in [0.3, 0.4) is 0 Å². The quantitative estimate of drug-likeness (QED) is 0.791. The summed E-state index contributed by atoms with van der Waals surface area (Å²) in [7, 11) is -3.63. The molecule has 0 bridgehead atoms. The number of aromatic nitrogens is 2. The van der Waals surface area contributed by atoms with Crippen LogP contribution in [0.25, 0.3) is 11.0 Å². The first-order valence-corrected chi connectivity index (χ1v) is 9.09. The first-order valence-electron chi connectivity index (χ1n) is 7.23. The number of halogens is 1. The van der Waals surface area contributed by atoms with Crippen molar-refractivity contribution in [3.63, 3.8) is 0 Å². The second-order valence-electron chi connectivity index (χ2n) is 6.05. The van der Waals surface area contributed by atoms with Gasteiger partial charge in [0.15, 0.2) is 0 Å². The molecular weight excluding hydrogens is 324 g/mol. The van der Waals surface area contributed by atoms with Crippen molar-refractivity contribution in [1.82, 2.24) is 20.0 Å². The monoisotopic (exact) mass is 342 g/mol. The van der Waals surface area contributed by atoms with Crippen LogP contribution in [-0.4, -0.2) is 38.0 Å². The van der Waals surface area contributed by atoms with E-state index in [4.69, 9.17) is 11.6 Å². The summed E-state index contributed by atoms with van der Waals surface area (Å²) in [6.45, 7) is 4.36. The van der Waals surface area contributed by atoms with Gasteiger partial charge in [0.25, 0.3) is 0 Å². The molecule has 8 heteroatoms. The summed E-state index contributed by atoms with van der Waals surface area (Å²) in [6, 6.07) is 1.59. The molecule has 3 rings (SSSR count). The Hall–Kier alpha value is -1.15. The van der Waals surface area contributed by atoms with Crippen LogP contribution in [0.4, 0.5) is 0 Å². The molecule has 0 aromatic carbocycles. The van der Waals surface area contributed by atoms with Gasteiger partial charge in [0.2, 0.25) is 10.0 Å². The highest BCUT2D eigenvalue weighted by Gasteiger charge is 2.29. The van der Waals surface area contributed by atoms with Crippen molar-refractivity contribution < 1.29 is 8.42 Å². The predicted octanol–water partition coefficient (Wildman–Crippen LogP) is 1.88. The Bertz CT molecular complexity index is 781. The number of hydrogen-bond donors (Lipinski definition) is 3. The Morgan fingerprint density at radius 2 is 2.14 bits per heavy atom. The minimum atomic E-state index is -3.63. The Morgan fingerprint density at radius 3 is 2.86 bits per heavy atom. The van der Waals surface area contributed by atoms with Crippen molar-refractivity contribution in [2.24, 2.45) is 5.41 Å². The van der Waals surface area contributed by atoms with Crippen LogP contribution in [-0.2, 0) is 10.0 Å². The normalized spacial score (nSPS) is 18.6. The number of hydrogen-bond acceptors (Lipinski definition) is 4. The second-order valence-corrected chi connectivity index (χ2v) is 8.20. The summed E-state index contributed by atoms with van der Waals surface area (Å²) in [5.74, 6) is 0. The lowest BCUT2D eigenvalue weighted by molar-refractivity contribution is 0.232. The molecule has 1 aliphatic rings. The summed E-state index contributed by atoms with van der Waals surface area (Å²) < 4.78 is 28.0. The molecular formula is C14H19ClN4O2S. The number of nitrogens with one attached hydrogen (secondary N) is 3. The van der Waals surface area contributed by atoms with Gasteiger partial charge in [0.1, 0.15) is 10.5 Å². The Kier molecular flexibility index (Phi) is 4.15. The van der Waals surface area contributed by atoms with E-state index >= 15 is 0 Å². The third-order valence-corrected chi connectivity index (χ3v) is 6.02. The van der Waals surface area contributed by atoms with Crippen LogP contribution < -0.4 is 10.0 Å². The Morgan fingerprint density at radius 1 is 1.41 bits per heavy atom. The van der Waals surface area contributed by atoms with E-state index in [2.05, 4.69) is 26.9 Å². The van der Waals surface area contributed by atoms with Gasteiger partial charge in [-0.15, -0.1) is 0 Å². The third kappa shape index (κ3) is 2.99. The smallest absolute Gasteiger partial charge is 0.242 e. The maximum Gasteiger partial charge on any atom is 0.242 e. The van der Waals surface area contributed by atoms with Crippen molar-refractivity contribution in [3.05, 3.63) is 23.5 Å². The number of sulfonamides is 1. The van der Waals surface area contributed by atoms with Crippen LogP contribution in [0.2, 0.25) is 5.02 Å². The maximum absolute atomic E-state index is 12.6. The number of fused-ring (bicyclic) bond motifs is 1. The Labute approximate surface area is 134 Å². The topological polar surface area (TPSA) is 86.9 Å². The molecule has 22 heavy (non-hydrogen) atoms. The van der Waals surface area contributed by atoms with E-state index in [1.165, 1.54) is 6.20 Å². The number of rotatable bonds is 4. The molecule has 0 aliphatic carbocycles. The number of H-pyrrole nitrogens is 1. The number of pyridine rings is 1. The van der Waals surface area contributed by atoms with E-state index < -0.39 is 10.0 Å². The van der Waals surface area contributed by atoms with Crippen molar-refractivity contribution in [2.75, 3.05) is 19.6 Å². The highest BCUT2D eigenvalue weighted by atomic mass is 35.5. The molecule has 0 spiro atoms. The largest absolute Gasteiger partial charge is 0.345 e. The zero-order valence-electron chi connectivity index (χ0n) is 12.3. The van der Waals surface area contributed by atoms with Gasteiger partial charge in [-0.3, -0.25) is 0 Å². The van der Waals surface area contributed by atoms with Crippen LogP contribution in [0.15, 0.2) is 23.4 Å². The maximum atomic E-state index is 12.6. The van der Waals surface area contributed by atoms with Gasteiger partial charge in [0, 0.05) is 18.9 Å². The highest BCUT2D eigenvalue weighted by molar-refractivity contribution is 7.89. The molecule has 6 nitrogen and oxygen atoms in total. The van der Waals surface area contributed by atoms with E-state index in [9.17, 15) is 8.42 Å². The van der Waals surface area contributed by atoms with Crippen LogP contribution >= 0.6 is 11.6 Å². The summed E-state index contributed by atoms with van der Waals surface area (Å²) in [5.41, 5.74) is 0.452. The zero-order valence-corrected chi connectivity index (χ0v) is 13.9. The van der Waals surface area contributed by atoms with Gasteiger partial charge in [0.05, 0.1) is 10.4 Å². The lowest BCUT2D eigenvalue weighted by Crippen LogP contribution is -2.42. The van der Waals surface area contributed by atoms with E-state index in [-0.39, 0.29) is 10.3 Å². The SMILES string of the molecule is CC1(CNS(=O)(=O)c2c[nH]c3nccc(Cl)c23)CCNCC1. The summed E-state index contributed by atoms with van der Waals surface area (Å²) in [5, 5.41) is 4.10. The van der Waals surface area contributed by atoms with Crippen LogP contribution in [0.5, 0.6) is 0 Å². The number of aromatic amines is 1. The van der Waals surface area contributed by atoms with E-state index in [0.29, 0.717) is 22.6 Å². The summed E-state index contributed by atoms with van der Waals surface area (Å²) in [4.78, 5) is 7.11. The standard InChI is InChI=1S/C14H19ClN4O2S/c1-14(3-6-16-7-4-14)9-19-22(20,21)11-8-18-13-12(11)10(15)2-5-17-13/h2,5,8,16,19H,3-4,6-7,9H2,1H3,(H,17,18). The summed E-state index contributed by atoms with van der Waals surface area (Å²) >= 11 is 6.13. The fraction of sp³-hybridized carbons (Fsp3) is 0.500. The molecule has 0 amide bonds. The average Bonchev–Trinajstić information content (AvgIpc) is 2.93. The molecule has 0 unspecified atom stereocenters. The van der Waals surface area contributed by atoms with Crippen LogP contribution in [0, 0.1) is 5.41 Å². The van der Waals surface area contributed by atoms with Gasteiger partial charge >= 0.3 is 0 Å². The first-order chi connectivity index (χ1) is 10.4. The molecule has 3 N–H and O–H groups in total. The van der Waals surface area contributed by atoms with E-state index in [0.717, 1.165) is 25.9 Å². The lowest BCUT2D eigenvalue weighted by Gasteiger charge is -2.34. The van der Waals surface area contributed by atoms with Crippen LogP contribution in [0.1, 0.15) is 19.8 Å². The zero-order chi connectivity index (χ0) is 15.8. The molecule has 1 fully saturated rings. The Balaban J connectivity index is 1.86.